The van der Waals surface area contributed by atoms with Gasteiger partial charge in [0.2, 0.25) is 15.9 Å². The summed E-state index contributed by atoms with van der Waals surface area (Å²) >= 11 is -0.205. The zero-order valence-electron chi connectivity index (χ0n) is 16.7. The fourth-order valence-electron chi connectivity index (χ4n) is 3.36. The molecule has 32 heavy (non-hydrogen) atoms. The lowest BCUT2D eigenvalue weighted by Gasteiger charge is -2.32. The predicted molar refractivity (Wildman–Crippen MR) is 111 cm³/mol. The molecule has 1 saturated heterocycles. The summed E-state index contributed by atoms with van der Waals surface area (Å²) in [4.78, 5) is 11.6. The summed E-state index contributed by atoms with van der Waals surface area (Å²) in [7, 11) is -3.86. The third-order valence-corrected chi connectivity index (χ3v) is 7.57. The second-order valence-electron chi connectivity index (χ2n) is 7.06. The van der Waals surface area contributed by atoms with Gasteiger partial charge < -0.3 is 4.74 Å². The first kappa shape index (κ1) is 24.4. The smallest absolute Gasteiger partial charge is 0.446 e. The van der Waals surface area contributed by atoms with Crippen LogP contribution < -0.4 is 10.2 Å². The third kappa shape index (κ3) is 6.37. The van der Waals surface area contributed by atoms with Crippen molar-refractivity contribution in [3.8, 4) is 5.75 Å². The number of hydrogen-bond acceptors (Lipinski definition) is 6. The van der Waals surface area contributed by atoms with E-state index in [2.05, 4.69) is 0 Å². The van der Waals surface area contributed by atoms with Crippen LogP contribution in [0.4, 0.5) is 13.2 Å². The zero-order chi connectivity index (χ0) is 23.4. The van der Waals surface area contributed by atoms with Crippen molar-refractivity contribution in [2.45, 2.75) is 40.7 Å². The Morgan fingerprint density at radius 2 is 1.75 bits per heavy atom. The van der Waals surface area contributed by atoms with Crippen LogP contribution in [0.15, 0.2) is 58.3 Å². The molecule has 12 heteroatoms. The SMILES string of the molecule is O=C(Cc1ccccc1S(=O)(=O)N1CCC(Oc2ccc(SC(F)(F)F)cc2)CC1)NO. The molecule has 2 aromatic rings. The Balaban J connectivity index is 1.61. The van der Waals surface area contributed by atoms with E-state index in [1.165, 1.54) is 46.2 Å². The van der Waals surface area contributed by atoms with Crippen LogP contribution >= 0.6 is 11.8 Å². The van der Waals surface area contributed by atoms with E-state index >= 15 is 0 Å². The molecule has 174 valence electrons. The number of nitrogens with zero attached hydrogens (tertiary/aromatic N) is 1. The van der Waals surface area contributed by atoms with Gasteiger partial charge in [-0.25, -0.2) is 13.9 Å². The Morgan fingerprint density at radius 1 is 1.12 bits per heavy atom. The highest BCUT2D eigenvalue weighted by atomic mass is 32.2. The predicted octanol–water partition coefficient (Wildman–Crippen LogP) is 3.58. The fraction of sp³-hybridized carbons (Fsp3) is 0.350. The number of carbonyl (C=O) groups is 1. The van der Waals surface area contributed by atoms with Gasteiger partial charge in [-0.1, -0.05) is 18.2 Å². The molecule has 1 fully saturated rings. The van der Waals surface area contributed by atoms with E-state index in [1.54, 1.807) is 12.1 Å². The van der Waals surface area contributed by atoms with Crippen LogP contribution in [-0.4, -0.2) is 48.5 Å². The molecule has 0 bridgehead atoms. The van der Waals surface area contributed by atoms with Crippen LogP contribution in [0, 0.1) is 0 Å². The van der Waals surface area contributed by atoms with E-state index in [4.69, 9.17) is 9.94 Å². The molecule has 1 aliphatic heterocycles. The molecule has 1 aliphatic rings. The van der Waals surface area contributed by atoms with Crippen molar-refractivity contribution < 1.29 is 36.3 Å². The molecular weight excluding hydrogens is 469 g/mol. The standard InChI is InChI=1S/C20H21F3N2O5S2/c21-20(22,23)31-17-7-5-15(6-8-17)30-16-9-11-25(12-10-16)32(28,29)18-4-2-1-3-14(18)13-19(26)24-27/h1-8,16,27H,9-13H2,(H,24,26). The van der Waals surface area contributed by atoms with Crippen LogP contribution in [0.3, 0.4) is 0 Å². The molecule has 0 aromatic heterocycles. The summed E-state index contributed by atoms with van der Waals surface area (Å²) in [5.74, 6) is -0.308. The summed E-state index contributed by atoms with van der Waals surface area (Å²) in [6, 6.07) is 11.7. The highest BCUT2D eigenvalue weighted by molar-refractivity contribution is 8.00. The maximum absolute atomic E-state index is 13.1. The molecule has 0 unspecified atom stereocenters. The first-order valence-corrected chi connectivity index (χ1v) is 11.9. The monoisotopic (exact) mass is 490 g/mol. The van der Waals surface area contributed by atoms with Crippen molar-refractivity contribution in [2.75, 3.05) is 13.1 Å². The third-order valence-electron chi connectivity index (χ3n) is 4.83. The van der Waals surface area contributed by atoms with Crippen molar-refractivity contribution in [1.82, 2.24) is 9.79 Å². The minimum Gasteiger partial charge on any atom is -0.490 e. The topological polar surface area (TPSA) is 95.9 Å². The lowest BCUT2D eigenvalue weighted by atomic mass is 10.1. The van der Waals surface area contributed by atoms with E-state index in [0.29, 0.717) is 18.6 Å². The normalized spacial score (nSPS) is 16.0. The number of halogens is 3. The van der Waals surface area contributed by atoms with Gasteiger partial charge in [0.25, 0.3) is 0 Å². The second-order valence-corrected chi connectivity index (χ2v) is 10.1. The molecule has 2 aromatic carbocycles. The number of hydrogen-bond donors (Lipinski definition) is 2. The Kier molecular flexibility index (Phi) is 7.70. The number of alkyl halides is 3. The number of hydroxylamine groups is 1. The number of thioether (sulfide) groups is 1. The highest BCUT2D eigenvalue weighted by Gasteiger charge is 2.32. The molecule has 0 saturated carbocycles. The molecule has 1 amide bonds. The van der Waals surface area contributed by atoms with Gasteiger partial charge in [-0.3, -0.25) is 10.0 Å². The van der Waals surface area contributed by atoms with Gasteiger partial charge in [0.1, 0.15) is 11.9 Å². The first-order valence-electron chi connectivity index (χ1n) is 9.62. The van der Waals surface area contributed by atoms with Gasteiger partial charge in [-0.15, -0.1) is 0 Å². The van der Waals surface area contributed by atoms with Gasteiger partial charge in [-0.05, 0) is 60.5 Å². The number of rotatable bonds is 7. The Labute approximate surface area is 187 Å². The number of benzene rings is 2. The molecule has 2 N–H and O–H groups in total. The summed E-state index contributed by atoms with van der Waals surface area (Å²) < 4.78 is 70.6. The fourth-order valence-corrected chi connectivity index (χ4v) is 5.59. The maximum atomic E-state index is 13.1. The molecule has 0 spiro atoms. The summed E-state index contributed by atoms with van der Waals surface area (Å²) in [5, 5.41) is 8.73. The number of piperidine rings is 1. The van der Waals surface area contributed by atoms with Crippen molar-refractivity contribution in [3.63, 3.8) is 0 Å². The van der Waals surface area contributed by atoms with Crippen LogP contribution in [0.1, 0.15) is 18.4 Å². The van der Waals surface area contributed by atoms with Gasteiger partial charge in [0.05, 0.1) is 11.3 Å². The van der Waals surface area contributed by atoms with Gasteiger partial charge in [0, 0.05) is 18.0 Å². The average molecular weight is 491 g/mol. The van der Waals surface area contributed by atoms with Crippen molar-refractivity contribution >= 4 is 27.7 Å². The quantitative estimate of drug-likeness (QED) is 0.350. The van der Waals surface area contributed by atoms with E-state index in [0.717, 1.165) is 0 Å². The number of carbonyl (C=O) groups excluding carboxylic acids is 1. The number of nitrogens with one attached hydrogen (secondary N) is 1. The lowest BCUT2D eigenvalue weighted by molar-refractivity contribution is -0.128. The molecule has 3 rings (SSSR count). The summed E-state index contributed by atoms with van der Waals surface area (Å²) in [5.41, 5.74) is -2.59. The Bertz CT molecular complexity index is 1040. The number of sulfonamides is 1. The van der Waals surface area contributed by atoms with Gasteiger partial charge in [0.15, 0.2) is 0 Å². The Morgan fingerprint density at radius 3 is 2.34 bits per heavy atom. The van der Waals surface area contributed by atoms with E-state index in [1.807, 2.05) is 0 Å². The molecule has 0 radical (unpaired) electrons. The van der Waals surface area contributed by atoms with Crippen LogP contribution in [0.2, 0.25) is 0 Å². The Hall–Kier alpha value is -2.28. The van der Waals surface area contributed by atoms with Crippen LogP contribution in [0.5, 0.6) is 5.75 Å². The summed E-state index contributed by atoms with van der Waals surface area (Å²) in [6.45, 7) is 0.380. The van der Waals surface area contributed by atoms with Gasteiger partial charge >= 0.3 is 5.51 Å². The molecular formula is C20H21F3N2O5S2. The zero-order valence-corrected chi connectivity index (χ0v) is 18.3. The average Bonchev–Trinajstić information content (AvgIpc) is 2.75. The number of amides is 1. The van der Waals surface area contributed by atoms with E-state index in [9.17, 15) is 26.4 Å². The van der Waals surface area contributed by atoms with E-state index < -0.39 is 21.4 Å². The van der Waals surface area contributed by atoms with Crippen molar-refractivity contribution in [1.29, 1.82) is 0 Å². The number of ether oxygens (including phenoxy) is 1. The second kappa shape index (κ2) is 10.1. The van der Waals surface area contributed by atoms with Crippen molar-refractivity contribution in [3.05, 3.63) is 54.1 Å². The lowest BCUT2D eigenvalue weighted by Crippen LogP contribution is -2.42. The van der Waals surface area contributed by atoms with E-state index in [-0.39, 0.29) is 52.7 Å². The highest BCUT2D eigenvalue weighted by Crippen LogP contribution is 2.37. The minimum atomic E-state index is -4.36. The maximum Gasteiger partial charge on any atom is 0.446 e. The van der Waals surface area contributed by atoms with Crippen LogP contribution in [0.25, 0.3) is 0 Å². The molecule has 1 heterocycles. The van der Waals surface area contributed by atoms with Crippen LogP contribution in [-0.2, 0) is 21.2 Å². The summed E-state index contributed by atoms with van der Waals surface area (Å²) in [6.07, 6.45) is 0.237. The first-order chi connectivity index (χ1) is 15.1. The molecule has 0 atom stereocenters. The van der Waals surface area contributed by atoms with Gasteiger partial charge in [-0.2, -0.15) is 17.5 Å². The molecule has 7 nitrogen and oxygen atoms in total. The minimum absolute atomic E-state index is 0.000668. The van der Waals surface area contributed by atoms with Crippen molar-refractivity contribution in [2.24, 2.45) is 0 Å². The molecule has 0 aliphatic carbocycles. The largest absolute Gasteiger partial charge is 0.490 e.